The third-order valence-corrected chi connectivity index (χ3v) is 4.24. The van der Waals surface area contributed by atoms with E-state index in [0.717, 1.165) is 0 Å². The van der Waals surface area contributed by atoms with E-state index in [-0.39, 0.29) is 11.8 Å². The van der Waals surface area contributed by atoms with Crippen molar-refractivity contribution in [3.63, 3.8) is 0 Å². The Kier molecular flexibility index (Phi) is 5.31. The Balaban J connectivity index is 2.58. The Hall–Kier alpha value is -0.910. The maximum atomic E-state index is 11.3. The fourth-order valence-electron chi connectivity index (χ4n) is 1.89. The summed E-state index contributed by atoms with van der Waals surface area (Å²) in [6.45, 7) is 6.61. The van der Waals surface area contributed by atoms with Crippen LogP contribution in [0.1, 0.15) is 29.7 Å². The molecule has 0 spiro atoms. The maximum absolute atomic E-state index is 11.3. The summed E-state index contributed by atoms with van der Waals surface area (Å²) < 4.78 is 24.9. The molecule has 5 heteroatoms. The molecule has 0 aromatic heterocycles. The molecular weight excluding hydrogens is 248 g/mol. The summed E-state index contributed by atoms with van der Waals surface area (Å²) in [5, 5.41) is 3.22. The van der Waals surface area contributed by atoms with Gasteiger partial charge in [-0.25, -0.2) is 13.1 Å². The minimum atomic E-state index is -3.13. The van der Waals surface area contributed by atoms with Crippen molar-refractivity contribution in [2.75, 3.05) is 19.3 Å². The molecule has 1 atom stereocenters. The van der Waals surface area contributed by atoms with Gasteiger partial charge in [0.2, 0.25) is 10.0 Å². The summed E-state index contributed by atoms with van der Waals surface area (Å²) in [7, 11) is -1.69. The van der Waals surface area contributed by atoms with E-state index in [9.17, 15) is 8.42 Å². The smallest absolute Gasteiger partial charge is 0.212 e. The highest BCUT2D eigenvalue weighted by molar-refractivity contribution is 7.89. The predicted molar refractivity (Wildman–Crippen MR) is 75.2 cm³/mol. The van der Waals surface area contributed by atoms with E-state index in [2.05, 4.69) is 42.1 Å². The minimum absolute atomic E-state index is 0.0959. The van der Waals surface area contributed by atoms with Crippen molar-refractivity contribution in [2.24, 2.45) is 0 Å². The second-order valence-electron chi connectivity index (χ2n) is 4.62. The van der Waals surface area contributed by atoms with Crippen LogP contribution in [0, 0.1) is 13.8 Å². The highest BCUT2D eigenvalue weighted by atomic mass is 32.2. The number of nitrogens with one attached hydrogen (secondary N) is 2. The SMILES string of the molecule is CNS(=O)(=O)CCNC(C)c1cc(C)cc(C)c1. The van der Waals surface area contributed by atoms with Gasteiger partial charge in [0, 0.05) is 12.6 Å². The zero-order valence-electron chi connectivity index (χ0n) is 11.4. The highest BCUT2D eigenvalue weighted by Gasteiger charge is 2.09. The summed E-state index contributed by atoms with van der Waals surface area (Å²) in [4.78, 5) is 0. The third kappa shape index (κ3) is 4.76. The summed E-state index contributed by atoms with van der Waals surface area (Å²) in [6.07, 6.45) is 0. The zero-order valence-corrected chi connectivity index (χ0v) is 12.3. The van der Waals surface area contributed by atoms with Crippen LogP contribution in [0.3, 0.4) is 0 Å². The van der Waals surface area contributed by atoms with Crippen molar-refractivity contribution in [1.29, 1.82) is 0 Å². The van der Waals surface area contributed by atoms with Crippen LogP contribution in [0.25, 0.3) is 0 Å². The van der Waals surface area contributed by atoms with Crippen molar-refractivity contribution in [2.45, 2.75) is 26.8 Å². The molecule has 0 aliphatic heterocycles. The molecule has 2 N–H and O–H groups in total. The van der Waals surface area contributed by atoms with E-state index in [1.807, 2.05) is 6.92 Å². The van der Waals surface area contributed by atoms with Gasteiger partial charge in [-0.3, -0.25) is 0 Å². The topological polar surface area (TPSA) is 58.2 Å². The normalized spacial score (nSPS) is 13.6. The van der Waals surface area contributed by atoms with Crippen LogP contribution in [-0.4, -0.2) is 27.8 Å². The van der Waals surface area contributed by atoms with Crippen molar-refractivity contribution >= 4 is 10.0 Å². The molecule has 0 saturated carbocycles. The molecule has 102 valence electrons. The van der Waals surface area contributed by atoms with E-state index < -0.39 is 10.0 Å². The van der Waals surface area contributed by atoms with Crippen molar-refractivity contribution in [1.82, 2.24) is 10.0 Å². The van der Waals surface area contributed by atoms with E-state index in [1.54, 1.807) is 0 Å². The highest BCUT2D eigenvalue weighted by Crippen LogP contribution is 2.16. The van der Waals surface area contributed by atoms with E-state index in [1.165, 1.54) is 23.7 Å². The average Bonchev–Trinajstić information content (AvgIpc) is 2.27. The molecular formula is C13H22N2O2S. The van der Waals surface area contributed by atoms with Crippen molar-refractivity contribution in [3.8, 4) is 0 Å². The first-order valence-corrected chi connectivity index (χ1v) is 7.72. The lowest BCUT2D eigenvalue weighted by atomic mass is 10.0. The van der Waals surface area contributed by atoms with Gasteiger partial charge in [-0.15, -0.1) is 0 Å². The van der Waals surface area contributed by atoms with Gasteiger partial charge < -0.3 is 5.32 Å². The maximum Gasteiger partial charge on any atom is 0.212 e. The van der Waals surface area contributed by atoms with Crippen LogP contribution in [0.15, 0.2) is 18.2 Å². The third-order valence-electron chi connectivity index (χ3n) is 2.88. The Labute approximate surface area is 110 Å². The van der Waals surface area contributed by atoms with Gasteiger partial charge in [-0.2, -0.15) is 0 Å². The zero-order chi connectivity index (χ0) is 13.8. The summed E-state index contributed by atoms with van der Waals surface area (Å²) in [5.74, 6) is 0.0959. The van der Waals surface area contributed by atoms with Gasteiger partial charge in [-0.05, 0) is 33.4 Å². The van der Waals surface area contributed by atoms with Gasteiger partial charge in [0.1, 0.15) is 0 Å². The lowest BCUT2D eigenvalue weighted by molar-refractivity contribution is 0.567. The quantitative estimate of drug-likeness (QED) is 0.823. The van der Waals surface area contributed by atoms with Crippen molar-refractivity contribution in [3.05, 3.63) is 34.9 Å². The van der Waals surface area contributed by atoms with Gasteiger partial charge in [-0.1, -0.05) is 29.3 Å². The second-order valence-corrected chi connectivity index (χ2v) is 6.67. The molecule has 0 aliphatic carbocycles. The number of hydrogen-bond acceptors (Lipinski definition) is 3. The molecule has 0 saturated heterocycles. The monoisotopic (exact) mass is 270 g/mol. The molecule has 0 fully saturated rings. The van der Waals surface area contributed by atoms with Gasteiger partial charge in [0.25, 0.3) is 0 Å². The lowest BCUT2D eigenvalue weighted by Crippen LogP contribution is -2.30. The van der Waals surface area contributed by atoms with Gasteiger partial charge >= 0.3 is 0 Å². The second kappa shape index (κ2) is 6.31. The predicted octanol–water partition coefficient (Wildman–Crippen LogP) is 1.50. The molecule has 1 rings (SSSR count). The number of aryl methyl sites for hydroxylation is 2. The van der Waals surface area contributed by atoms with Crippen LogP contribution in [0.4, 0.5) is 0 Å². The van der Waals surface area contributed by atoms with E-state index >= 15 is 0 Å². The summed E-state index contributed by atoms with van der Waals surface area (Å²) in [5.41, 5.74) is 3.64. The lowest BCUT2D eigenvalue weighted by Gasteiger charge is -2.15. The summed E-state index contributed by atoms with van der Waals surface area (Å²) >= 11 is 0. The first kappa shape index (κ1) is 15.1. The Morgan fingerprint density at radius 2 is 1.72 bits per heavy atom. The number of benzene rings is 1. The van der Waals surface area contributed by atoms with Gasteiger partial charge in [0.05, 0.1) is 5.75 Å². The molecule has 4 nitrogen and oxygen atoms in total. The van der Waals surface area contributed by atoms with E-state index in [0.29, 0.717) is 6.54 Å². The van der Waals surface area contributed by atoms with Crippen LogP contribution >= 0.6 is 0 Å². The Bertz CT molecular complexity index is 477. The number of sulfonamides is 1. The molecule has 0 aliphatic rings. The summed E-state index contributed by atoms with van der Waals surface area (Å²) in [6, 6.07) is 6.52. The molecule has 1 unspecified atom stereocenters. The molecule has 1 aromatic carbocycles. The average molecular weight is 270 g/mol. The van der Waals surface area contributed by atoms with Crippen LogP contribution in [0.2, 0.25) is 0 Å². The standard InChI is InChI=1S/C13H22N2O2S/c1-10-7-11(2)9-13(8-10)12(3)15-5-6-18(16,17)14-4/h7-9,12,14-15H,5-6H2,1-4H3. The van der Waals surface area contributed by atoms with Crippen LogP contribution < -0.4 is 10.0 Å². The molecule has 0 bridgehead atoms. The van der Waals surface area contributed by atoms with Crippen LogP contribution in [0.5, 0.6) is 0 Å². The Morgan fingerprint density at radius 3 is 2.22 bits per heavy atom. The molecule has 0 radical (unpaired) electrons. The fraction of sp³-hybridized carbons (Fsp3) is 0.538. The first-order chi connectivity index (χ1) is 8.34. The minimum Gasteiger partial charge on any atom is -0.309 e. The Morgan fingerprint density at radius 1 is 1.17 bits per heavy atom. The first-order valence-electron chi connectivity index (χ1n) is 6.07. The molecule has 1 aromatic rings. The van der Waals surface area contributed by atoms with Crippen LogP contribution in [-0.2, 0) is 10.0 Å². The number of hydrogen-bond donors (Lipinski definition) is 2. The molecule has 0 heterocycles. The van der Waals surface area contributed by atoms with Crippen molar-refractivity contribution < 1.29 is 8.42 Å². The number of rotatable bonds is 6. The largest absolute Gasteiger partial charge is 0.309 e. The molecule has 18 heavy (non-hydrogen) atoms. The van der Waals surface area contributed by atoms with E-state index in [4.69, 9.17) is 0 Å². The fourth-order valence-corrected chi connectivity index (χ4v) is 2.48. The van der Waals surface area contributed by atoms with Gasteiger partial charge in [0.15, 0.2) is 0 Å². The molecule has 0 amide bonds.